The maximum absolute atomic E-state index is 4.42. The number of para-hydroxylation sites is 1. The normalized spacial score (nSPS) is 14.5. The number of nitrogens with zero attached hydrogens (tertiary/aromatic N) is 4. The molecule has 0 atom stereocenters. The van der Waals surface area contributed by atoms with Crippen molar-refractivity contribution in [2.24, 2.45) is 4.99 Å². The van der Waals surface area contributed by atoms with E-state index in [2.05, 4.69) is 66.6 Å². The molecule has 0 fully saturated rings. The minimum absolute atomic E-state index is 0.847. The molecule has 4 rings (SSSR count). The lowest BCUT2D eigenvalue weighted by molar-refractivity contribution is 0.594. The van der Waals surface area contributed by atoms with Crippen LogP contribution in [-0.2, 0) is 25.8 Å². The molecular formula is C23H33N7. The Labute approximate surface area is 178 Å². The van der Waals surface area contributed by atoms with Crippen LogP contribution in [0.1, 0.15) is 48.6 Å². The molecule has 3 aromatic rings. The number of aromatic amines is 1. The van der Waals surface area contributed by atoms with Crippen LogP contribution in [-0.4, -0.2) is 45.8 Å². The first-order valence-corrected chi connectivity index (χ1v) is 11.2. The summed E-state index contributed by atoms with van der Waals surface area (Å²) in [5, 5.41) is 17.0. The highest BCUT2D eigenvalue weighted by Gasteiger charge is 2.14. The molecule has 0 radical (unpaired) electrons. The molecule has 0 aliphatic carbocycles. The highest BCUT2D eigenvalue weighted by molar-refractivity contribution is 5.84. The molecule has 30 heavy (non-hydrogen) atoms. The average Bonchev–Trinajstić information content (AvgIpc) is 3.19. The predicted octanol–water partition coefficient (Wildman–Crippen LogP) is 3.13. The Hall–Kier alpha value is -2.83. The van der Waals surface area contributed by atoms with Gasteiger partial charge in [0.05, 0.1) is 0 Å². The van der Waals surface area contributed by atoms with Crippen LogP contribution in [0.5, 0.6) is 0 Å². The monoisotopic (exact) mass is 407 g/mol. The molecule has 0 saturated carbocycles. The van der Waals surface area contributed by atoms with Gasteiger partial charge in [-0.15, -0.1) is 10.2 Å². The van der Waals surface area contributed by atoms with E-state index in [-0.39, 0.29) is 0 Å². The molecule has 0 spiro atoms. The van der Waals surface area contributed by atoms with E-state index in [1.165, 1.54) is 47.2 Å². The number of hydrogen-bond acceptors (Lipinski definition) is 3. The van der Waals surface area contributed by atoms with Gasteiger partial charge in [-0.1, -0.05) is 24.6 Å². The van der Waals surface area contributed by atoms with Crippen LogP contribution in [0.15, 0.2) is 29.3 Å². The Kier molecular flexibility index (Phi) is 6.67. The van der Waals surface area contributed by atoms with Gasteiger partial charge in [0.1, 0.15) is 11.6 Å². The van der Waals surface area contributed by atoms with Gasteiger partial charge in [0.15, 0.2) is 5.96 Å². The zero-order valence-electron chi connectivity index (χ0n) is 18.2. The van der Waals surface area contributed by atoms with Gasteiger partial charge in [0.2, 0.25) is 0 Å². The number of nitrogens with one attached hydrogen (secondary N) is 3. The number of H-pyrrole nitrogens is 1. The lowest BCUT2D eigenvalue weighted by Gasteiger charge is -2.12. The van der Waals surface area contributed by atoms with E-state index in [4.69, 9.17) is 0 Å². The fourth-order valence-corrected chi connectivity index (χ4v) is 4.37. The Balaban J connectivity index is 1.22. The Morgan fingerprint density at radius 2 is 1.97 bits per heavy atom. The highest BCUT2D eigenvalue weighted by Crippen LogP contribution is 2.21. The SMILES string of the molecule is CN=C(NCCCc1nnc2n1CCCCC2)NCCc1c(C)[nH]c2ccccc12. The van der Waals surface area contributed by atoms with E-state index in [0.29, 0.717) is 0 Å². The van der Waals surface area contributed by atoms with Crippen LogP contribution in [0, 0.1) is 6.92 Å². The van der Waals surface area contributed by atoms with Crippen molar-refractivity contribution in [3.63, 3.8) is 0 Å². The molecule has 7 heteroatoms. The van der Waals surface area contributed by atoms with Gasteiger partial charge in [0.25, 0.3) is 0 Å². The van der Waals surface area contributed by atoms with Gasteiger partial charge in [0, 0.05) is 56.1 Å². The molecule has 1 aliphatic heterocycles. The number of aryl methyl sites for hydroxylation is 3. The zero-order valence-corrected chi connectivity index (χ0v) is 18.2. The van der Waals surface area contributed by atoms with Crippen molar-refractivity contribution in [1.29, 1.82) is 0 Å². The molecule has 1 aromatic carbocycles. The summed E-state index contributed by atoms with van der Waals surface area (Å²) in [4.78, 5) is 7.84. The van der Waals surface area contributed by atoms with E-state index in [1.54, 1.807) is 0 Å². The molecule has 7 nitrogen and oxygen atoms in total. The van der Waals surface area contributed by atoms with Gasteiger partial charge in [-0.3, -0.25) is 4.99 Å². The minimum atomic E-state index is 0.847. The first-order valence-electron chi connectivity index (χ1n) is 11.2. The summed E-state index contributed by atoms with van der Waals surface area (Å²) in [7, 11) is 1.82. The largest absolute Gasteiger partial charge is 0.358 e. The van der Waals surface area contributed by atoms with Gasteiger partial charge in [-0.25, -0.2) is 0 Å². The van der Waals surface area contributed by atoms with Gasteiger partial charge in [-0.2, -0.15) is 0 Å². The number of guanidine groups is 1. The summed E-state index contributed by atoms with van der Waals surface area (Å²) in [5.41, 5.74) is 3.83. The van der Waals surface area contributed by atoms with E-state index in [0.717, 1.165) is 57.1 Å². The molecule has 0 amide bonds. The van der Waals surface area contributed by atoms with Crippen LogP contribution >= 0.6 is 0 Å². The van der Waals surface area contributed by atoms with E-state index in [9.17, 15) is 0 Å². The molecule has 3 N–H and O–H groups in total. The van der Waals surface area contributed by atoms with Crippen LogP contribution in [0.2, 0.25) is 0 Å². The van der Waals surface area contributed by atoms with Crippen molar-refractivity contribution in [2.45, 2.75) is 58.4 Å². The third kappa shape index (κ3) is 4.66. The fourth-order valence-electron chi connectivity index (χ4n) is 4.37. The highest BCUT2D eigenvalue weighted by atomic mass is 15.3. The number of fused-ring (bicyclic) bond motifs is 2. The summed E-state index contributed by atoms with van der Waals surface area (Å²) in [6.45, 7) is 4.93. The average molecular weight is 408 g/mol. The Bertz CT molecular complexity index is 998. The Morgan fingerprint density at radius 1 is 1.10 bits per heavy atom. The fraction of sp³-hybridized carbons (Fsp3) is 0.522. The molecule has 160 valence electrons. The first-order chi connectivity index (χ1) is 14.8. The molecular weight excluding hydrogens is 374 g/mol. The van der Waals surface area contributed by atoms with Crippen LogP contribution in [0.3, 0.4) is 0 Å². The van der Waals surface area contributed by atoms with Crippen LogP contribution in [0.25, 0.3) is 10.9 Å². The molecule has 0 unspecified atom stereocenters. The summed E-state index contributed by atoms with van der Waals surface area (Å²) >= 11 is 0. The molecule has 2 aromatic heterocycles. The van der Waals surface area contributed by atoms with Gasteiger partial charge < -0.3 is 20.2 Å². The number of aliphatic imine (C=N–C) groups is 1. The van der Waals surface area contributed by atoms with Crippen LogP contribution in [0.4, 0.5) is 0 Å². The first kappa shape index (κ1) is 20.4. The second-order valence-corrected chi connectivity index (χ2v) is 8.05. The number of aromatic nitrogens is 4. The summed E-state index contributed by atoms with van der Waals surface area (Å²) in [6.07, 6.45) is 7.76. The quantitative estimate of drug-likeness (QED) is 0.319. The van der Waals surface area contributed by atoms with Crippen molar-refractivity contribution < 1.29 is 0 Å². The zero-order chi connectivity index (χ0) is 20.8. The van der Waals surface area contributed by atoms with Crippen molar-refractivity contribution in [1.82, 2.24) is 30.4 Å². The summed E-state index contributed by atoms with van der Waals surface area (Å²) in [6, 6.07) is 8.49. The van der Waals surface area contributed by atoms with Crippen molar-refractivity contribution in [2.75, 3.05) is 20.1 Å². The van der Waals surface area contributed by atoms with Crippen molar-refractivity contribution >= 4 is 16.9 Å². The number of benzene rings is 1. The minimum Gasteiger partial charge on any atom is -0.358 e. The molecule has 0 saturated heterocycles. The van der Waals surface area contributed by atoms with Crippen LogP contribution < -0.4 is 10.6 Å². The Morgan fingerprint density at radius 3 is 2.87 bits per heavy atom. The van der Waals surface area contributed by atoms with E-state index < -0.39 is 0 Å². The lowest BCUT2D eigenvalue weighted by Crippen LogP contribution is -2.38. The molecule has 1 aliphatic rings. The topological polar surface area (TPSA) is 82.9 Å². The molecule has 0 bridgehead atoms. The smallest absolute Gasteiger partial charge is 0.190 e. The van der Waals surface area contributed by atoms with Gasteiger partial charge >= 0.3 is 0 Å². The maximum atomic E-state index is 4.42. The van der Waals surface area contributed by atoms with E-state index >= 15 is 0 Å². The second-order valence-electron chi connectivity index (χ2n) is 8.05. The van der Waals surface area contributed by atoms with Gasteiger partial charge in [-0.05, 0) is 44.2 Å². The third-order valence-electron chi connectivity index (χ3n) is 5.97. The second kappa shape index (κ2) is 9.78. The summed E-state index contributed by atoms with van der Waals surface area (Å²) in [5.74, 6) is 3.15. The standard InChI is InChI=1S/C23H33N7/c1-17-18(19-9-5-6-10-20(19)27-17)13-15-26-23(24-2)25-14-8-12-22-29-28-21-11-4-3-7-16-30(21)22/h5-6,9-10,27H,3-4,7-8,11-16H2,1-2H3,(H2,24,25,26). The number of hydrogen-bond donors (Lipinski definition) is 3. The lowest BCUT2D eigenvalue weighted by atomic mass is 10.1. The summed E-state index contributed by atoms with van der Waals surface area (Å²) < 4.78 is 2.34. The predicted molar refractivity (Wildman–Crippen MR) is 122 cm³/mol. The maximum Gasteiger partial charge on any atom is 0.190 e. The van der Waals surface area contributed by atoms with Crippen molar-refractivity contribution in [3.05, 3.63) is 47.2 Å². The number of rotatable bonds is 7. The third-order valence-corrected chi connectivity index (χ3v) is 5.97. The van der Waals surface area contributed by atoms with Crippen molar-refractivity contribution in [3.8, 4) is 0 Å². The molecule has 3 heterocycles. The van der Waals surface area contributed by atoms with E-state index in [1.807, 2.05) is 7.05 Å².